The highest BCUT2D eigenvalue weighted by atomic mass is 16.5. The van der Waals surface area contributed by atoms with Gasteiger partial charge in [0.25, 0.3) is 0 Å². The standard InChI is InChI=1S/C14H18O/c1-3-4-5-6-9-12-15-14-11-8-7-10-13(14)2/h1,7-8,10-11H,4-6,9,12H2,2H3. The summed E-state index contributed by atoms with van der Waals surface area (Å²) in [5.74, 6) is 3.64. The largest absolute Gasteiger partial charge is 0.493 e. The summed E-state index contributed by atoms with van der Waals surface area (Å²) >= 11 is 0. The fraction of sp³-hybridized carbons (Fsp3) is 0.429. The van der Waals surface area contributed by atoms with Gasteiger partial charge in [0.15, 0.2) is 0 Å². The molecule has 1 aromatic carbocycles. The maximum atomic E-state index is 5.67. The number of aryl methyl sites for hydroxylation is 1. The Hall–Kier alpha value is -1.42. The van der Waals surface area contributed by atoms with Crippen LogP contribution in [0.5, 0.6) is 5.75 Å². The van der Waals surface area contributed by atoms with Gasteiger partial charge in [0.2, 0.25) is 0 Å². The minimum absolute atomic E-state index is 0.787. The lowest BCUT2D eigenvalue weighted by molar-refractivity contribution is 0.303. The van der Waals surface area contributed by atoms with Crippen LogP contribution in [0, 0.1) is 19.3 Å². The molecular formula is C14H18O. The first kappa shape index (κ1) is 11.7. The summed E-state index contributed by atoms with van der Waals surface area (Å²) in [4.78, 5) is 0. The lowest BCUT2D eigenvalue weighted by atomic mass is 10.2. The van der Waals surface area contributed by atoms with Crippen molar-refractivity contribution in [1.82, 2.24) is 0 Å². The van der Waals surface area contributed by atoms with Crippen LogP contribution in [-0.4, -0.2) is 6.61 Å². The fourth-order valence-electron chi connectivity index (χ4n) is 1.41. The summed E-state index contributed by atoms with van der Waals surface area (Å²) in [6.07, 6.45) is 9.39. The maximum absolute atomic E-state index is 5.67. The Balaban J connectivity index is 2.16. The van der Waals surface area contributed by atoms with Crippen LogP contribution < -0.4 is 4.74 Å². The van der Waals surface area contributed by atoms with Gasteiger partial charge >= 0.3 is 0 Å². The summed E-state index contributed by atoms with van der Waals surface area (Å²) < 4.78 is 5.67. The quantitative estimate of drug-likeness (QED) is 0.506. The molecule has 0 unspecified atom stereocenters. The van der Waals surface area contributed by atoms with Crippen LogP contribution >= 0.6 is 0 Å². The molecule has 1 aromatic rings. The molecule has 0 saturated carbocycles. The number of para-hydroxylation sites is 1. The van der Waals surface area contributed by atoms with Crippen LogP contribution in [0.3, 0.4) is 0 Å². The van der Waals surface area contributed by atoms with E-state index in [9.17, 15) is 0 Å². The highest BCUT2D eigenvalue weighted by Crippen LogP contribution is 2.16. The lowest BCUT2D eigenvalue weighted by Crippen LogP contribution is -1.98. The number of unbranched alkanes of at least 4 members (excludes halogenated alkanes) is 3. The summed E-state index contributed by atoms with van der Waals surface area (Å²) in [5, 5.41) is 0. The summed E-state index contributed by atoms with van der Waals surface area (Å²) in [5.41, 5.74) is 1.20. The molecule has 0 saturated heterocycles. The SMILES string of the molecule is C#CCCCCCOc1ccccc1C. The van der Waals surface area contributed by atoms with E-state index in [1.165, 1.54) is 5.56 Å². The van der Waals surface area contributed by atoms with Gasteiger partial charge in [-0.3, -0.25) is 0 Å². The Bertz CT molecular complexity index is 322. The minimum Gasteiger partial charge on any atom is -0.493 e. The third-order valence-electron chi connectivity index (χ3n) is 2.32. The van der Waals surface area contributed by atoms with E-state index in [0.717, 1.165) is 38.0 Å². The number of ether oxygens (including phenoxy) is 1. The monoisotopic (exact) mass is 202 g/mol. The van der Waals surface area contributed by atoms with Crippen molar-refractivity contribution >= 4 is 0 Å². The van der Waals surface area contributed by atoms with Gasteiger partial charge in [0, 0.05) is 6.42 Å². The van der Waals surface area contributed by atoms with E-state index >= 15 is 0 Å². The van der Waals surface area contributed by atoms with Gasteiger partial charge in [-0.25, -0.2) is 0 Å². The normalized spacial score (nSPS) is 9.60. The van der Waals surface area contributed by atoms with Crippen LogP contribution in [-0.2, 0) is 0 Å². The topological polar surface area (TPSA) is 9.23 Å². The summed E-state index contributed by atoms with van der Waals surface area (Å²) in [6.45, 7) is 2.85. The first-order valence-corrected chi connectivity index (χ1v) is 5.46. The second-order valence-electron chi connectivity index (χ2n) is 3.63. The van der Waals surface area contributed by atoms with Crippen molar-refractivity contribution in [3.63, 3.8) is 0 Å². The summed E-state index contributed by atoms with van der Waals surface area (Å²) in [6, 6.07) is 8.10. The van der Waals surface area contributed by atoms with Crippen molar-refractivity contribution in [3.05, 3.63) is 29.8 Å². The zero-order valence-electron chi connectivity index (χ0n) is 9.33. The minimum atomic E-state index is 0.787. The molecule has 0 spiro atoms. The van der Waals surface area contributed by atoms with Crippen molar-refractivity contribution in [1.29, 1.82) is 0 Å². The molecule has 80 valence electrons. The Kier molecular flexibility index (Phi) is 5.40. The zero-order chi connectivity index (χ0) is 10.9. The second kappa shape index (κ2) is 6.95. The molecule has 1 rings (SSSR count). The number of terminal acetylenes is 1. The van der Waals surface area contributed by atoms with Crippen LogP contribution in [0.1, 0.15) is 31.2 Å². The molecule has 0 aromatic heterocycles. The van der Waals surface area contributed by atoms with Crippen molar-refractivity contribution in [2.45, 2.75) is 32.6 Å². The number of hydrogen-bond donors (Lipinski definition) is 0. The number of hydrogen-bond acceptors (Lipinski definition) is 1. The molecule has 0 aliphatic heterocycles. The molecule has 0 heterocycles. The number of rotatable bonds is 6. The Morgan fingerprint density at radius 1 is 1.20 bits per heavy atom. The van der Waals surface area contributed by atoms with E-state index in [-0.39, 0.29) is 0 Å². The average molecular weight is 202 g/mol. The van der Waals surface area contributed by atoms with Crippen molar-refractivity contribution < 1.29 is 4.74 Å². The van der Waals surface area contributed by atoms with Crippen LogP contribution in [0.25, 0.3) is 0 Å². The molecule has 0 fully saturated rings. The molecule has 0 atom stereocenters. The van der Waals surface area contributed by atoms with Crippen molar-refractivity contribution in [3.8, 4) is 18.1 Å². The van der Waals surface area contributed by atoms with Gasteiger partial charge in [-0.2, -0.15) is 0 Å². The first-order valence-electron chi connectivity index (χ1n) is 5.46. The van der Waals surface area contributed by atoms with E-state index < -0.39 is 0 Å². The predicted molar refractivity (Wildman–Crippen MR) is 64.0 cm³/mol. The van der Waals surface area contributed by atoms with Gasteiger partial charge in [0.05, 0.1) is 6.61 Å². The molecule has 15 heavy (non-hydrogen) atoms. The zero-order valence-corrected chi connectivity index (χ0v) is 9.33. The highest BCUT2D eigenvalue weighted by molar-refractivity contribution is 5.31. The van der Waals surface area contributed by atoms with Crippen molar-refractivity contribution in [2.24, 2.45) is 0 Å². The average Bonchev–Trinajstić information content (AvgIpc) is 2.25. The predicted octanol–water partition coefficient (Wildman–Crippen LogP) is 3.57. The van der Waals surface area contributed by atoms with E-state index in [2.05, 4.69) is 18.9 Å². The smallest absolute Gasteiger partial charge is 0.122 e. The van der Waals surface area contributed by atoms with Crippen LogP contribution in [0.4, 0.5) is 0 Å². The van der Waals surface area contributed by atoms with Gasteiger partial charge in [0.1, 0.15) is 5.75 Å². The van der Waals surface area contributed by atoms with E-state index in [1.54, 1.807) is 0 Å². The van der Waals surface area contributed by atoms with Crippen LogP contribution in [0.2, 0.25) is 0 Å². The maximum Gasteiger partial charge on any atom is 0.122 e. The molecule has 0 aliphatic rings. The molecule has 0 aliphatic carbocycles. The van der Waals surface area contributed by atoms with Gasteiger partial charge in [-0.05, 0) is 37.8 Å². The van der Waals surface area contributed by atoms with Gasteiger partial charge in [-0.15, -0.1) is 12.3 Å². The highest BCUT2D eigenvalue weighted by Gasteiger charge is 1.96. The summed E-state index contributed by atoms with van der Waals surface area (Å²) in [7, 11) is 0. The molecule has 0 amide bonds. The Labute approximate surface area is 92.5 Å². The third-order valence-corrected chi connectivity index (χ3v) is 2.32. The number of benzene rings is 1. The molecule has 0 radical (unpaired) electrons. The second-order valence-corrected chi connectivity index (χ2v) is 3.63. The molecule has 0 N–H and O–H groups in total. The first-order chi connectivity index (χ1) is 7.34. The van der Waals surface area contributed by atoms with E-state index in [0.29, 0.717) is 0 Å². The molecule has 1 nitrogen and oxygen atoms in total. The van der Waals surface area contributed by atoms with Gasteiger partial charge < -0.3 is 4.74 Å². The molecule has 1 heteroatoms. The van der Waals surface area contributed by atoms with E-state index in [4.69, 9.17) is 11.2 Å². The molecular weight excluding hydrogens is 184 g/mol. The van der Waals surface area contributed by atoms with Crippen LogP contribution in [0.15, 0.2) is 24.3 Å². The Morgan fingerprint density at radius 2 is 2.00 bits per heavy atom. The fourth-order valence-corrected chi connectivity index (χ4v) is 1.41. The van der Waals surface area contributed by atoms with Gasteiger partial charge in [-0.1, -0.05) is 18.2 Å². The Morgan fingerprint density at radius 3 is 2.73 bits per heavy atom. The lowest BCUT2D eigenvalue weighted by Gasteiger charge is -2.07. The van der Waals surface area contributed by atoms with Crippen molar-refractivity contribution in [2.75, 3.05) is 6.61 Å². The van der Waals surface area contributed by atoms with E-state index in [1.807, 2.05) is 18.2 Å². The molecule has 0 bridgehead atoms. The third kappa shape index (κ3) is 4.56.